The van der Waals surface area contributed by atoms with Gasteiger partial charge < -0.3 is 0 Å². The molecular formula is C20H20N4O4S. The molecule has 9 heteroatoms. The van der Waals surface area contributed by atoms with Crippen LogP contribution in [0.3, 0.4) is 0 Å². The van der Waals surface area contributed by atoms with Gasteiger partial charge in [-0.3, -0.25) is 20.4 Å². The molecule has 3 aromatic rings. The smallest absolute Gasteiger partial charge is 0.267 e. The second-order valence-corrected chi connectivity index (χ2v) is 8.56. The Morgan fingerprint density at radius 2 is 1.55 bits per heavy atom. The molecular weight excluding hydrogens is 392 g/mol. The Labute approximate surface area is 168 Å². The number of benzene rings is 2. The van der Waals surface area contributed by atoms with Gasteiger partial charge in [0.05, 0.1) is 28.0 Å². The number of hydrazine groups is 1. The maximum Gasteiger partial charge on any atom is 0.273 e. The van der Waals surface area contributed by atoms with Gasteiger partial charge in [-0.15, -0.1) is 0 Å². The molecule has 0 bridgehead atoms. The summed E-state index contributed by atoms with van der Waals surface area (Å²) in [6.45, 7) is 3.71. The summed E-state index contributed by atoms with van der Waals surface area (Å²) >= 11 is 0. The molecule has 0 aliphatic rings. The van der Waals surface area contributed by atoms with Crippen molar-refractivity contribution in [2.45, 2.75) is 18.7 Å². The van der Waals surface area contributed by atoms with Crippen LogP contribution in [0.15, 0.2) is 59.6 Å². The lowest BCUT2D eigenvalue weighted by atomic mass is 10.2. The molecule has 0 radical (unpaired) electrons. The summed E-state index contributed by atoms with van der Waals surface area (Å²) in [5.74, 6) is -1.08. The monoisotopic (exact) mass is 412 g/mol. The van der Waals surface area contributed by atoms with Crippen molar-refractivity contribution in [2.75, 3.05) is 6.26 Å². The van der Waals surface area contributed by atoms with Crippen molar-refractivity contribution in [1.82, 2.24) is 20.6 Å². The Morgan fingerprint density at radius 1 is 0.931 bits per heavy atom. The lowest BCUT2D eigenvalue weighted by Crippen LogP contribution is -2.41. The highest BCUT2D eigenvalue weighted by atomic mass is 32.2. The zero-order valence-corrected chi connectivity index (χ0v) is 16.9. The Bertz CT molecular complexity index is 1180. The van der Waals surface area contributed by atoms with Gasteiger partial charge in [0.1, 0.15) is 0 Å². The average molecular weight is 412 g/mol. The van der Waals surface area contributed by atoms with Gasteiger partial charge in [-0.1, -0.05) is 18.2 Å². The number of nitrogens with zero attached hydrogens (tertiary/aromatic N) is 2. The van der Waals surface area contributed by atoms with Crippen LogP contribution in [0.1, 0.15) is 32.0 Å². The standard InChI is InChI=1S/C20H20N4O4S/c1-13-6-4-5-7-18(13)24-14(2)17(12-21-24)20(26)23-22-19(25)15-8-10-16(11-9-15)29(3,27)28/h4-12H,1-3H3,(H,22,25)(H,23,26). The van der Waals surface area contributed by atoms with Crippen LogP contribution in [0, 0.1) is 13.8 Å². The highest BCUT2D eigenvalue weighted by molar-refractivity contribution is 7.90. The first kappa shape index (κ1) is 20.3. The van der Waals surface area contributed by atoms with E-state index in [0.717, 1.165) is 17.5 Å². The number of aromatic nitrogens is 2. The van der Waals surface area contributed by atoms with Crippen LogP contribution >= 0.6 is 0 Å². The lowest BCUT2D eigenvalue weighted by molar-refractivity contribution is 0.0846. The highest BCUT2D eigenvalue weighted by Gasteiger charge is 2.17. The second kappa shape index (κ2) is 7.88. The number of nitrogens with one attached hydrogen (secondary N) is 2. The number of amides is 2. The predicted octanol–water partition coefficient (Wildman–Crippen LogP) is 1.97. The quantitative estimate of drug-likeness (QED) is 0.637. The summed E-state index contributed by atoms with van der Waals surface area (Å²) in [5.41, 5.74) is 7.70. The average Bonchev–Trinajstić information content (AvgIpc) is 3.07. The minimum Gasteiger partial charge on any atom is -0.267 e. The topological polar surface area (TPSA) is 110 Å². The number of rotatable bonds is 4. The number of carbonyl (C=O) groups excluding carboxylic acids is 2. The number of sulfone groups is 1. The van der Waals surface area contributed by atoms with E-state index in [1.807, 2.05) is 31.2 Å². The Hall–Kier alpha value is -3.46. The van der Waals surface area contributed by atoms with Gasteiger partial charge in [0, 0.05) is 11.8 Å². The van der Waals surface area contributed by atoms with E-state index in [1.54, 1.807) is 11.6 Å². The van der Waals surface area contributed by atoms with Crippen molar-refractivity contribution in [1.29, 1.82) is 0 Å². The van der Waals surface area contributed by atoms with Crippen LogP contribution in [0.4, 0.5) is 0 Å². The van der Waals surface area contributed by atoms with Crippen LogP contribution in [0.25, 0.3) is 5.69 Å². The molecule has 0 saturated heterocycles. The second-order valence-electron chi connectivity index (χ2n) is 6.55. The van der Waals surface area contributed by atoms with E-state index in [1.165, 1.54) is 30.5 Å². The summed E-state index contributed by atoms with van der Waals surface area (Å²) in [6, 6.07) is 13.1. The number of aryl methyl sites for hydroxylation is 1. The largest absolute Gasteiger partial charge is 0.273 e. The molecule has 0 spiro atoms. The summed E-state index contributed by atoms with van der Waals surface area (Å²) in [4.78, 5) is 24.8. The summed E-state index contributed by atoms with van der Waals surface area (Å²) < 4.78 is 24.6. The van der Waals surface area contributed by atoms with E-state index >= 15 is 0 Å². The molecule has 2 amide bonds. The van der Waals surface area contributed by atoms with Crippen LogP contribution in [0.5, 0.6) is 0 Å². The van der Waals surface area contributed by atoms with Crippen molar-refractivity contribution in [2.24, 2.45) is 0 Å². The normalized spacial score (nSPS) is 11.1. The molecule has 8 nitrogen and oxygen atoms in total. The van der Waals surface area contributed by atoms with Crippen molar-refractivity contribution in [3.05, 3.63) is 77.1 Å². The first-order valence-electron chi connectivity index (χ1n) is 8.70. The Balaban J connectivity index is 1.70. The summed E-state index contributed by atoms with van der Waals surface area (Å²) in [6.07, 6.45) is 2.52. The van der Waals surface area contributed by atoms with Crippen molar-refractivity contribution >= 4 is 21.7 Å². The van der Waals surface area contributed by atoms with Crippen LogP contribution in [-0.2, 0) is 9.84 Å². The Kier molecular flexibility index (Phi) is 5.51. The van der Waals surface area contributed by atoms with Gasteiger partial charge in [0.25, 0.3) is 11.8 Å². The molecule has 1 heterocycles. The molecule has 2 aromatic carbocycles. The number of hydrogen-bond donors (Lipinski definition) is 2. The maximum absolute atomic E-state index is 12.5. The first-order valence-corrected chi connectivity index (χ1v) is 10.6. The van der Waals surface area contributed by atoms with Gasteiger partial charge in [-0.25, -0.2) is 13.1 Å². The van der Waals surface area contributed by atoms with Crippen LogP contribution in [0.2, 0.25) is 0 Å². The molecule has 0 atom stereocenters. The molecule has 0 aliphatic heterocycles. The molecule has 150 valence electrons. The fraction of sp³-hybridized carbons (Fsp3) is 0.150. The fourth-order valence-corrected chi connectivity index (χ4v) is 3.41. The van der Waals surface area contributed by atoms with Crippen molar-refractivity contribution < 1.29 is 18.0 Å². The van der Waals surface area contributed by atoms with E-state index in [4.69, 9.17) is 0 Å². The predicted molar refractivity (Wildman–Crippen MR) is 108 cm³/mol. The zero-order valence-electron chi connectivity index (χ0n) is 16.1. The van der Waals surface area contributed by atoms with Gasteiger partial charge in [0.15, 0.2) is 9.84 Å². The highest BCUT2D eigenvalue weighted by Crippen LogP contribution is 2.17. The van der Waals surface area contributed by atoms with E-state index in [2.05, 4.69) is 16.0 Å². The van der Waals surface area contributed by atoms with Gasteiger partial charge in [0.2, 0.25) is 0 Å². The summed E-state index contributed by atoms with van der Waals surface area (Å²) in [5, 5.41) is 4.27. The number of carbonyl (C=O) groups is 2. The number of hydrogen-bond acceptors (Lipinski definition) is 5. The molecule has 2 N–H and O–H groups in total. The van der Waals surface area contributed by atoms with Crippen molar-refractivity contribution in [3.63, 3.8) is 0 Å². The third-order valence-corrected chi connectivity index (χ3v) is 5.56. The lowest BCUT2D eigenvalue weighted by Gasteiger charge is -2.09. The molecule has 0 unspecified atom stereocenters. The Morgan fingerprint density at radius 3 is 2.17 bits per heavy atom. The third kappa shape index (κ3) is 4.35. The zero-order chi connectivity index (χ0) is 21.2. The molecule has 1 aromatic heterocycles. The van der Waals surface area contributed by atoms with Gasteiger partial charge in [-0.05, 0) is 49.7 Å². The fourth-order valence-electron chi connectivity index (χ4n) is 2.78. The van der Waals surface area contributed by atoms with E-state index in [9.17, 15) is 18.0 Å². The van der Waals surface area contributed by atoms with Crippen LogP contribution < -0.4 is 10.9 Å². The summed E-state index contributed by atoms with van der Waals surface area (Å²) in [7, 11) is -3.35. The molecule has 0 saturated carbocycles. The van der Waals surface area contributed by atoms with E-state index < -0.39 is 21.7 Å². The molecule has 0 fully saturated rings. The van der Waals surface area contributed by atoms with E-state index in [0.29, 0.717) is 11.3 Å². The van der Waals surface area contributed by atoms with Gasteiger partial charge in [-0.2, -0.15) is 5.10 Å². The van der Waals surface area contributed by atoms with Crippen LogP contribution in [-0.4, -0.2) is 36.3 Å². The molecule has 29 heavy (non-hydrogen) atoms. The number of para-hydroxylation sites is 1. The van der Waals surface area contributed by atoms with Gasteiger partial charge >= 0.3 is 0 Å². The molecule has 3 rings (SSSR count). The SMILES string of the molecule is Cc1ccccc1-n1ncc(C(=O)NNC(=O)c2ccc(S(C)(=O)=O)cc2)c1C. The first-order chi connectivity index (χ1) is 13.7. The third-order valence-electron chi connectivity index (χ3n) is 4.43. The van der Waals surface area contributed by atoms with E-state index in [-0.39, 0.29) is 10.5 Å². The minimum absolute atomic E-state index is 0.109. The molecule has 0 aliphatic carbocycles. The maximum atomic E-state index is 12.5. The van der Waals surface area contributed by atoms with Crippen molar-refractivity contribution in [3.8, 4) is 5.69 Å². The minimum atomic E-state index is -3.35.